The van der Waals surface area contributed by atoms with Gasteiger partial charge < -0.3 is 14.5 Å². The molecule has 0 fully saturated rings. The molecular formula is C25H22ClN3O3S. The van der Waals surface area contributed by atoms with Crippen molar-refractivity contribution in [3.8, 4) is 17.2 Å². The molecule has 0 aliphatic carbocycles. The Kier molecular flexibility index (Phi) is 6.35. The Morgan fingerprint density at radius 3 is 2.64 bits per heavy atom. The number of carbonyl (C=O) groups is 1. The molecule has 1 aromatic heterocycles. The number of methoxy groups -OCH3 is 1. The molecule has 168 valence electrons. The highest BCUT2D eigenvalue weighted by Crippen LogP contribution is 2.33. The summed E-state index contributed by atoms with van der Waals surface area (Å²) in [4.78, 5) is 17.3. The molecule has 0 spiro atoms. The van der Waals surface area contributed by atoms with E-state index in [0.717, 1.165) is 27.8 Å². The molecule has 1 amide bonds. The highest BCUT2D eigenvalue weighted by atomic mass is 35.5. The van der Waals surface area contributed by atoms with E-state index in [1.54, 1.807) is 30.3 Å². The molecule has 0 aliphatic heterocycles. The fourth-order valence-corrected chi connectivity index (χ4v) is 4.10. The molecule has 8 heteroatoms. The van der Waals surface area contributed by atoms with Crippen molar-refractivity contribution in [2.24, 2.45) is 0 Å². The smallest absolute Gasteiger partial charge is 0.261 e. The number of hydrogen-bond acceptors (Lipinski definition) is 5. The number of hydrogen-bond donors (Lipinski definition) is 2. The maximum Gasteiger partial charge on any atom is 0.261 e. The molecular weight excluding hydrogens is 458 g/mol. The minimum absolute atomic E-state index is 0.140. The molecule has 1 heterocycles. The fraction of sp³-hybridized carbons (Fsp3) is 0.160. The molecule has 0 aliphatic rings. The van der Waals surface area contributed by atoms with E-state index in [0.29, 0.717) is 33.5 Å². The van der Waals surface area contributed by atoms with Crippen LogP contribution in [0, 0.1) is 20.8 Å². The lowest BCUT2D eigenvalue weighted by molar-refractivity contribution is 0.0974. The van der Waals surface area contributed by atoms with Gasteiger partial charge in [-0.25, -0.2) is 4.98 Å². The first-order valence-corrected chi connectivity index (χ1v) is 11.0. The van der Waals surface area contributed by atoms with Crippen LogP contribution >= 0.6 is 23.8 Å². The SMILES string of the molecule is COc1c(C)cccc1C(=O)NC(=S)Nc1ccc(Cl)c(-c2nc3cc(C)cc(C)c3o2)c1. The first-order valence-electron chi connectivity index (χ1n) is 10.2. The van der Waals surface area contributed by atoms with E-state index in [-0.39, 0.29) is 11.0 Å². The van der Waals surface area contributed by atoms with Gasteiger partial charge in [0, 0.05) is 5.69 Å². The lowest BCUT2D eigenvalue weighted by Crippen LogP contribution is -2.34. The van der Waals surface area contributed by atoms with Crippen molar-refractivity contribution in [1.82, 2.24) is 10.3 Å². The summed E-state index contributed by atoms with van der Waals surface area (Å²) in [5, 5.41) is 6.33. The highest BCUT2D eigenvalue weighted by Gasteiger charge is 2.17. The van der Waals surface area contributed by atoms with E-state index in [4.69, 9.17) is 33.0 Å². The van der Waals surface area contributed by atoms with Gasteiger partial charge in [-0.1, -0.05) is 29.8 Å². The predicted molar refractivity (Wildman–Crippen MR) is 135 cm³/mol. The number of nitrogens with one attached hydrogen (secondary N) is 2. The van der Waals surface area contributed by atoms with Crippen molar-refractivity contribution in [2.45, 2.75) is 20.8 Å². The van der Waals surface area contributed by atoms with Crippen LogP contribution < -0.4 is 15.4 Å². The summed E-state index contributed by atoms with van der Waals surface area (Å²) in [6.07, 6.45) is 0. The average molecular weight is 480 g/mol. The summed E-state index contributed by atoms with van der Waals surface area (Å²) in [5.74, 6) is 0.548. The number of benzene rings is 3. The van der Waals surface area contributed by atoms with Gasteiger partial charge in [-0.3, -0.25) is 10.1 Å². The van der Waals surface area contributed by atoms with E-state index < -0.39 is 0 Å². The minimum atomic E-state index is -0.368. The summed E-state index contributed by atoms with van der Waals surface area (Å²) >= 11 is 11.8. The van der Waals surface area contributed by atoms with Gasteiger partial charge in [-0.05, 0) is 80.0 Å². The largest absolute Gasteiger partial charge is 0.496 e. The number of thiocarbonyl (C=S) groups is 1. The summed E-state index contributed by atoms with van der Waals surface area (Å²) in [5.41, 5.74) is 6.10. The van der Waals surface area contributed by atoms with Gasteiger partial charge in [0.1, 0.15) is 11.3 Å². The van der Waals surface area contributed by atoms with Gasteiger partial charge >= 0.3 is 0 Å². The first kappa shape index (κ1) is 22.8. The molecule has 0 saturated carbocycles. The number of halogens is 1. The van der Waals surface area contributed by atoms with Crippen LogP contribution in [-0.2, 0) is 0 Å². The minimum Gasteiger partial charge on any atom is -0.496 e. The van der Waals surface area contributed by atoms with Gasteiger partial charge in [-0.2, -0.15) is 0 Å². The predicted octanol–water partition coefficient (Wildman–Crippen LogP) is 6.21. The third kappa shape index (κ3) is 4.69. The molecule has 0 saturated heterocycles. The van der Waals surface area contributed by atoms with Crippen LogP contribution in [0.5, 0.6) is 5.75 Å². The van der Waals surface area contributed by atoms with Crippen LogP contribution in [-0.4, -0.2) is 23.1 Å². The Bertz CT molecular complexity index is 1400. The second kappa shape index (κ2) is 9.21. The monoisotopic (exact) mass is 479 g/mol. The van der Waals surface area contributed by atoms with Crippen molar-refractivity contribution < 1.29 is 13.9 Å². The quantitative estimate of drug-likeness (QED) is 0.339. The molecule has 6 nitrogen and oxygen atoms in total. The van der Waals surface area contributed by atoms with E-state index >= 15 is 0 Å². The fourth-order valence-electron chi connectivity index (χ4n) is 3.69. The summed E-state index contributed by atoms with van der Waals surface area (Å²) in [7, 11) is 1.53. The Labute approximate surface area is 201 Å². The Morgan fingerprint density at radius 2 is 1.88 bits per heavy atom. The number of carbonyl (C=O) groups excluding carboxylic acids is 1. The van der Waals surface area contributed by atoms with Crippen molar-refractivity contribution >= 4 is 51.6 Å². The molecule has 0 unspecified atom stereocenters. The van der Waals surface area contributed by atoms with Crippen LogP contribution in [0.15, 0.2) is 52.9 Å². The van der Waals surface area contributed by atoms with Crippen LogP contribution in [0.1, 0.15) is 27.0 Å². The first-order chi connectivity index (χ1) is 15.8. The van der Waals surface area contributed by atoms with E-state index in [1.807, 2.05) is 39.0 Å². The number of anilines is 1. The number of aromatic nitrogens is 1. The number of fused-ring (bicyclic) bond motifs is 1. The van der Waals surface area contributed by atoms with Gasteiger partial charge in [0.25, 0.3) is 5.91 Å². The van der Waals surface area contributed by atoms with Gasteiger partial charge in [0.05, 0.1) is 23.3 Å². The number of ether oxygens (including phenoxy) is 1. The topological polar surface area (TPSA) is 76.4 Å². The normalized spacial score (nSPS) is 10.8. The van der Waals surface area contributed by atoms with Crippen LogP contribution in [0.4, 0.5) is 5.69 Å². The number of nitrogens with zero attached hydrogens (tertiary/aromatic N) is 1. The Morgan fingerprint density at radius 1 is 1.09 bits per heavy atom. The van der Waals surface area contributed by atoms with Crippen molar-refractivity contribution in [3.05, 3.63) is 75.8 Å². The molecule has 0 atom stereocenters. The molecule has 33 heavy (non-hydrogen) atoms. The summed E-state index contributed by atoms with van der Waals surface area (Å²) < 4.78 is 11.4. The maximum atomic E-state index is 12.7. The lowest BCUT2D eigenvalue weighted by atomic mass is 10.1. The maximum absolute atomic E-state index is 12.7. The molecule has 4 aromatic rings. The number of rotatable bonds is 4. The molecule has 3 aromatic carbocycles. The Balaban J connectivity index is 1.56. The summed E-state index contributed by atoms with van der Waals surface area (Å²) in [6.45, 7) is 5.87. The van der Waals surface area contributed by atoms with Crippen LogP contribution in [0.3, 0.4) is 0 Å². The van der Waals surface area contributed by atoms with Gasteiger partial charge in [0.15, 0.2) is 10.7 Å². The number of amides is 1. The standard InChI is InChI=1S/C25H22ClN3O3S/c1-13-10-15(3)22-20(11-13)28-24(32-22)18-12-16(8-9-19(18)26)27-25(33)29-23(30)17-7-5-6-14(2)21(17)31-4/h5-12H,1-4H3,(H2,27,29,30,33). The third-order valence-electron chi connectivity index (χ3n) is 5.16. The lowest BCUT2D eigenvalue weighted by Gasteiger charge is -2.13. The highest BCUT2D eigenvalue weighted by molar-refractivity contribution is 7.80. The van der Waals surface area contributed by atoms with Crippen molar-refractivity contribution in [2.75, 3.05) is 12.4 Å². The van der Waals surface area contributed by atoms with Crippen molar-refractivity contribution in [3.63, 3.8) is 0 Å². The number of oxazole rings is 1. The molecule has 4 rings (SSSR count). The molecule has 2 N–H and O–H groups in total. The van der Waals surface area contributed by atoms with Crippen LogP contribution in [0.2, 0.25) is 5.02 Å². The second-order valence-electron chi connectivity index (χ2n) is 7.71. The molecule has 0 radical (unpaired) electrons. The van der Waals surface area contributed by atoms with E-state index in [1.165, 1.54) is 7.11 Å². The summed E-state index contributed by atoms with van der Waals surface area (Å²) in [6, 6.07) is 14.6. The Hall–Kier alpha value is -3.42. The van der Waals surface area contributed by atoms with Gasteiger partial charge in [0.2, 0.25) is 5.89 Å². The van der Waals surface area contributed by atoms with E-state index in [2.05, 4.69) is 15.6 Å². The number of para-hydroxylation sites is 1. The third-order valence-corrected chi connectivity index (χ3v) is 5.70. The van der Waals surface area contributed by atoms with Crippen molar-refractivity contribution in [1.29, 1.82) is 0 Å². The zero-order chi connectivity index (χ0) is 23.7. The van der Waals surface area contributed by atoms with Gasteiger partial charge in [-0.15, -0.1) is 0 Å². The second-order valence-corrected chi connectivity index (χ2v) is 8.52. The zero-order valence-electron chi connectivity index (χ0n) is 18.6. The zero-order valence-corrected chi connectivity index (χ0v) is 20.1. The average Bonchev–Trinajstić information content (AvgIpc) is 3.19. The molecule has 0 bridgehead atoms. The van der Waals surface area contributed by atoms with E-state index in [9.17, 15) is 4.79 Å². The van der Waals surface area contributed by atoms with Crippen LogP contribution in [0.25, 0.3) is 22.6 Å². The number of aryl methyl sites for hydroxylation is 3.